The van der Waals surface area contributed by atoms with E-state index in [4.69, 9.17) is 0 Å². The fraction of sp³-hybridized carbons (Fsp3) is 0.667. The molecule has 3 heteroatoms. The lowest BCUT2D eigenvalue weighted by Gasteiger charge is -2.35. The summed E-state index contributed by atoms with van der Waals surface area (Å²) in [6, 6.07) is 11.7. The zero-order chi connectivity index (χ0) is 13.5. The van der Waals surface area contributed by atoms with Gasteiger partial charge in [0, 0.05) is 24.7 Å². The molecular formula is C18H27ClN2. The summed E-state index contributed by atoms with van der Waals surface area (Å²) in [5, 5.41) is 3.74. The molecule has 0 aromatic heterocycles. The lowest BCUT2D eigenvalue weighted by Crippen LogP contribution is -2.46. The quantitative estimate of drug-likeness (QED) is 0.912. The maximum atomic E-state index is 3.74. The van der Waals surface area contributed by atoms with E-state index < -0.39 is 0 Å². The Morgan fingerprint density at radius 2 is 1.81 bits per heavy atom. The first-order valence-corrected chi connectivity index (χ1v) is 8.33. The minimum Gasteiger partial charge on any atom is -0.311 e. The maximum Gasteiger partial charge on any atom is 0.0233 e. The van der Waals surface area contributed by atoms with Gasteiger partial charge in [-0.3, -0.25) is 4.90 Å². The largest absolute Gasteiger partial charge is 0.311 e. The lowest BCUT2D eigenvalue weighted by atomic mass is 9.98. The van der Waals surface area contributed by atoms with E-state index in [0.717, 1.165) is 30.6 Å². The minimum atomic E-state index is 0. The van der Waals surface area contributed by atoms with E-state index in [1.165, 1.54) is 44.1 Å². The summed E-state index contributed by atoms with van der Waals surface area (Å²) in [6.45, 7) is 1.12. The van der Waals surface area contributed by atoms with Crippen molar-refractivity contribution < 1.29 is 0 Å². The number of benzene rings is 1. The first-order chi connectivity index (χ1) is 9.78. The molecule has 0 amide bonds. The van der Waals surface area contributed by atoms with Crippen molar-refractivity contribution in [2.45, 2.75) is 69.1 Å². The number of nitrogens with one attached hydrogen (secondary N) is 1. The van der Waals surface area contributed by atoms with Crippen LogP contribution in [0.5, 0.6) is 0 Å². The smallest absolute Gasteiger partial charge is 0.0233 e. The normalized spacial score (nSPS) is 31.2. The Bertz CT molecular complexity index is 474. The van der Waals surface area contributed by atoms with E-state index in [1.54, 1.807) is 5.56 Å². The highest BCUT2D eigenvalue weighted by Crippen LogP contribution is 2.40. The van der Waals surface area contributed by atoms with Gasteiger partial charge in [-0.1, -0.05) is 24.3 Å². The van der Waals surface area contributed by atoms with Gasteiger partial charge in [-0.05, 0) is 62.6 Å². The molecule has 3 aliphatic rings. The van der Waals surface area contributed by atoms with Gasteiger partial charge in [0.25, 0.3) is 0 Å². The summed E-state index contributed by atoms with van der Waals surface area (Å²) in [5.74, 6) is 0.870. The molecule has 1 N–H and O–H groups in total. The van der Waals surface area contributed by atoms with E-state index in [1.807, 2.05) is 0 Å². The van der Waals surface area contributed by atoms with Crippen molar-refractivity contribution in [3.8, 4) is 0 Å². The first-order valence-electron chi connectivity index (χ1n) is 8.33. The Hall–Kier alpha value is -0.570. The van der Waals surface area contributed by atoms with Gasteiger partial charge in [0.1, 0.15) is 0 Å². The predicted octanol–water partition coefficient (Wildman–Crippen LogP) is 3.70. The second-order valence-corrected chi connectivity index (χ2v) is 7.20. The van der Waals surface area contributed by atoms with Crippen molar-refractivity contribution in [3.63, 3.8) is 0 Å². The zero-order valence-electron chi connectivity index (χ0n) is 12.9. The van der Waals surface area contributed by atoms with Gasteiger partial charge in [0.05, 0.1) is 0 Å². The summed E-state index contributed by atoms with van der Waals surface area (Å²) in [7, 11) is 2.32. The molecule has 0 spiro atoms. The van der Waals surface area contributed by atoms with Gasteiger partial charge < -0.3 is 5.32 Å². The molecule has 2 saturated heterocycles. The van der Waals surface area contributed by atoms with Gasteiger partial charge in [-0.15, -0.1) is 12.4 Å². The zero-order valence-corrected chi connectivity index (χ0v) is 13.7. The third-order valence-electron chi connectivity index (χ3n) is 5.50. The van der Waals surface area contributed by atoms with E-state index in [0.29, 0.717) is 0 Å². The molecule has 3 fully saturated rings. The predicted molar refractivity (Wildman–Crippen MR) is 90.1 cm³/mol. The molecule has 2 heterocycles. The Balaban J connectivity index is 0.00000132. The summed E-state index contributed by atoms with van der Waals surface area (Å²) < 4.78 is 0. The molecular weight excluding hydrogens is 280 g/mol. The van der Waals surface area contributed by atoms with Crippen molar-refractivity contribution in [1.82, 2.24) is 10.2 Å². The van der Waals surface area contributed by atoms with E-state index in [-0.39, 0.29) is 12.4 Å². The van der Waals surface area contributed by atoms with Crippen LogP contribution in [-0.2, 0) is 6.54 Å². The average Bonchev–Trinajstić information content (AvgIpc) is 3.25. The molecule has 2 nitrogen and oxygen atoms in total. The average molecular weight is 307 g/mol. The van der Waals surface area contributed by atoms with Crippen molar-refractivity contribution in [3.05, 3.63) is 35.4 Å². The maximum absolute atomic E-state index is 3.74. The van der Waals surface area contributed by atoms with Crippen molar-refractivity contribution in [2.24, 2.45) is 0 Å². The number of piperidine rings is 1. The van der Waals surface area contributed by atoms with E-state index >= 15 is 0 Å². The number of fused-ring (bicyclic) bond motifs is 2. The van der Waals surface area contributed by atoms with Gasteiger partial charge in [-0.2, -0.15) is 0 Å². The Labute approximate surface area is 134 Å². The van der Waals surface area contributed by atoms with Crippen LogP contribution in [0.2, 0.25) is 0 Å². The fourth-order valence-corrected chi connectivity index (χ4v) is 4.17. The first kappa shape index (κ1) is 15.3. The Morgan fingerprint density at radius 1 is 1.10 bits per heavy atom. The van der Waals surface area contributed by atoms with Crippen molar-refractivity contribution >= 4 is 12.4 Å². The second-order valence-electron chi connectivity index (χ2n) is 7.20. The molecule has 1 aliphatic carbocycles. The number of nitrogens with zero attached hydrogens (tertiary/aromatic N) is 1. The standard InChI is InChI=1S/C18H26N2.ClH/c1-20(18-10-16-7-8-17(11-18)19-16)12-13-3-2-4-15(9-13)14-5-6-14;/h2-4,9,14,16-19H,5-8,10-12H2,1H3;1H. The lowest BCUT2D eigenvalue weighted by molar-refractivity contribution is 0.166. The molecule has 0 radical (unpaired) electrons. The van der Waals surface area contributed by atoms with Crippen LogP contribution in [0.4, 0.5) is 0 Å². The Kier molecular flexibility index (Phi) is 4.58. The molecule has 4 rings (SSSR count). The number of hydrogen-bond donors (Lipinski definition) is 1. The van der Waals surface area contributed by atoms with Crippen molar-refractivity contribution in [1.29, 1.82) is 0 Å². The van der Waals surface area contributed by atoms with E-state index in [2.05, 4.69) is 41.5 Å². The SMILES string of the molecule is CN(Cc1cccc(C2CC2)c1)C1CC2CCC(C1)N2.Cl. The highest BCUT2D eigenvalue weighted by Gasteiger charge is 2.35. The molecule has 116 valence electrons. The van der Waals surface area contributed by atoms with Crippen LogP contribution < -0.4 is 5.32 Å². The topological polar surface area (TPSA) is 15.3 Å². The van der Waals surface area contributed by atoms with Crippen LogP contribution in [0.1, 0.15) is 55.6 Å². The molecule has 2 atom stereocenters. The summed E-state index contributed by atoms with van der Waals surface area (Å²) in [5.41, 5.74) is 3.07. The summed E-state index contributed by atoms with van der Waals surface area (Å²) >= 11 is 0. The highest BCUT2D eigenvalue weighted by molar-refractivity contribution is 5.85. The molecule has 1 aromatic carbocycles. The summed E-state index contributed by atoms with van der Waals surface area (Å²) in [6.07, 6.45) is 8.27. The summed E-state index contributed by atoms with van der Waals surface area (Å²) in [4.78, 5) is 2.60. The minimum absolute atomic E-state index is 0. The molecule has 2 unspecified atom stereocenters. The Morgan fingerprint density at radius 3 is 2.48 bits per heavy atom. The van der Waals surface area contributed by atoms with Gasteiger partial charge in [-0.25, -0.2) is 0 Å². The molecule has 2 bridgehead atoms. The number of rotatable bonds is 4. The van der Waals surface area contributed by atoms with Crippen LogP contribution in [-0.4, -0.2) is 30.1 Å². The van der Waals surface area contributed by atoms with Crippen LogP contribution in [0, 0.1) is 0 Å². The molecule has 1 saturated carbocycles. The molecule has 21 heavy (non-hydrogen) atoms. The van der Waals surface area contributed by atoms with Gasteiger partial charge >= 0.3 is 0 Å². The highest BCUT2D eigenvalue weighted by atomic mass is 35.5. The number of hydrogen-bond acceptors (Lipinski definition) is 2. The molecule has 2 aliphatic heterocycles. The third-order valence-corrected chi connectivity index (χ3v) is 5.50. The van der Waals surface area contributed by atoms with Gasteiger partial charge in [0.15, 0.2) is 0 Å². The fourth-order valence-electron chi connectivity index (χ4n) is 4.17. The number of halogens is 1. The van der Waals surface area contributed by atoms with Crippen LogP contribution >= 0.6 is 12.4 Å². The van der Waals surface area contributed by atoms with E-state index in [9.17, 15) is 0 Å². The monoisotopic (exact) mass is 306 g/mol. The van der Waals surface area contributed by atoms with Crippen LogP contribution in [0.25, 0.3) is 0 Å². The third kappa shape index (κ3) is 3.44. The van der Waals surface area contributed by atoms with Crippen LogP contribution in [0.3, 0.4) is 0 Å². The van der Waals surface area contributed by atoms with Crippen molar-refractivity contribution in [2.75, 3.05) is 7.05 Å². The molecule has 1 aromatic rings. The second kappa shape index (κ2) is 6.28. The van der Waals surface area contributed by atoms with Gasteiger partial charge in [0.2, 0.25) is 0 Å². The van der Waals surface area contributed by atoms with Crippen LogP contribution in [0.15, 0.2) is 24.3 Å².